The standard InChI is InChI=1S/C25H32N4O2S2/c1-4-13-27(14-5-2)22-19(23(30)28-16-17(3)11-12-21(28)26-22)15-20-24(31)29(25(32)33-20)18-9-7-6-8-10-18/h11-12,15-16,18H,4-10,13-14H2,1-3H3/b20-15-. The number of thiocarbonyl (C=S) groups is 1. The lowest BCUT2D eigenvalue weighted by Gasteiger charge is -2.29. The van der Waals surface area contributed by atoms with E-state index in [1.807, 2.05) is 25.3 Å². The van der Waals surface area contributed by atoms with E-state index in [2.05, 4.69) is 18.7 Å². The first kappa shape index (κ1) is 24.0. The number of hydrogen-bond acceptors (Lipinski definition) is 6. The highest BCUT2D eigenvalue weighted by Crippen LogP contribution is 2.37. The molecule has 0 bridgehead atoms. The Balaban J connectivity index is 1.83. The molecule has 0 spiro atoms. The molecule has 0 N–H and O–H groups in total. The fourth-order valence-corrected chi connectivity index (χ4v) is 6.12. The molecule has 3 heterocycles. The molecule has 0 radical (unpaired) electrons. The predicted molar refractivity (Wildman–Crippen MR) is 141 cm³/mol. The Kier molecular flexibility index (Phi) is 7.54. The van der Waals surface area contributed by atoms with Crippen molar-refractivity contribution in [3.63, 3.8) is 0 Å². The van der Waals surface area contributed by atoms with Crippen molar-refractivity contribution in [2.75, 3.05) is 18.0 Å². The number of aromatic nitrogens is 2. The quantitative estimate of drug-likeness (QED) is 0.400. The highest BCUT2D eigenvalue weighted by Gasteiger charge is 2.38. The maximum absolute atomic E-state index is 13.7. The number of carbonyl (C=O) groups is 1. The van der Waals surface area contributed by atoms with Crippen LogP contribution < -0.4 is 10.5 Å². The molecule has 2 aromatic rings. The minimum atomic E-state index is -0.154. The molecule has 0 unspecified atom stereocenters. The maximum Gasteiger partial charge on any atom is 0.267 e. The average Bonchev–Trinajstić information content (AvgIpc) is 3.09. The van der Waals surface area contributed by atoms with Crippen LogP contribution in [0, 0.1) is 6.92 Å². The molecule has 6 nitrogen and oxygen atoms in total. The Morgan fingerprint density at radius 1 is 1.15 bits per heavy atom. The van der Waals surface area contributed by atoms with Crippen LogP contribution in [0.2, 0.25) is 0 Å². The number of rotatable bonds is 7. The monoisotopic (exact) mass is 484 g/mol. The van der Waals surface area contributed by atoms with Crippen LogP contribution in [0.3, 0.4) is 0 Å². The summed E-state index contributed by atoms with van der Waals surface area (Å²) >= 11 is 6.91. The molecule has 33 heavy (non-hydrogen) atoms. The van der Waals surface area contributed by atoms with Gasteiger partial charge < -0.3 is 4.90 Å². The summed E-state index contributed by atoms with van der Waals surface area (Å²) in [7, 11) is 0. The third-order valence-electron chi connectivity index (χ3n) is 6.31. The zero-order valence-corrected chi connectivity index (χ0v) is 21.3. The molecule has 8 heteroatoms. The normalized spacial score (nSPS) is 18.6. The number of anilines is 1. The van der Waals surface area contributed by atoms with E-state index in [0.717, 1.165) is 57.2 Å². The van der Waals surface area contributed by atoms with E-state index < -0.39 is 0 Å². The van der Waals surface area contributed by atoms with Crippen molar-refractivity contribution in [2.24, 2.45) is 0 Å². The van der Waals surface area contributed by atoms with Crippen LogP contribution >= 0.6 is 24.0 Å². The van der Waals surface area contributed by atoms with E-state index in [0.29, 0.717) is 26.3 Å². The smallest absolute Gasteiger partial charge is 0.267 e. The molecule has 1 saturated heterocycles. The first-order valence-corrected chi connectivity index (χ1v) is 13.2. The SMILES string of the molecule is CCCN(CCC)c1nc2ccc(C)cn2c(=O)c1/C=C1\SC(=S)N(C2CCCCC2)C1=O. The zero-order chi connectivity index (χ0) is 23.5. The lowest BCUT2D eigenvalue weighted by atomic mass is 9.94. The zero-order valence-electron chi connectivity index (χ0n) is 19.7. The Hall–Kier alpha value is -2.19. The van der Waals surface area contributed by atoms with Gasteiger partial charge in [0, 0.05) is 25.3 Å². The minimum Gasteiger partial charge on any atom is -0.356 e. The van der Waals surface area contributed by atoms with Gasteiger partial charge in [0.25, 0.3) is 11.5 Å². The lowest BCUT2D eigenvalue weighted by Crippen LogP contribution is -2.39. The summed E-state index contributed by atoms with van der Waals surface area (Å²) in [5, 5.41) is 0. The summed E-state index contributed by atoms with van der Waals surface area (Å²) in [5.41, 5.74) is 1.90. The summed E-state index contributed by atoms with van der Waals surface area (Å²) in [6.07, 6.45) is 10.9. The molecular weight excluding hydrogens is 452 g/mol. The van der Waals surface area contributed by atoms with Gasteiger partial charge in [0.1, 0.15) is 15.8 Å². The van der Waals surface area contributed by atoms with E-state index in [-0.39, 0.29) is 17.5 Å². The molecule has 1 aliphatic carbocycles. The lowest BCUT2D eigenvalue weighted by molar-refractivity contribution is -0.124. The Morgan fingerprint density at radius 2 is 1.85 bits per heavy atom. The molecular formula is C25H32N4O2S2. The van der Waals surface area contributed by atoms with Crippen molar-refractivity contribution < 1.29 is 4.79 Å². The van der Waals surface area contributed by atoms with Crippen molar-refractivity contribution >= 4 is 51.7 Å². The van der Waals surface area contributed by atoms with E-state index in [9.17, 15) is 9.59 Å². The second-order valence-electron chi connectivity index (χ2n) is 8.92. The van der Waals surface area contributed by atoms with Crippen LogP contribution in [0.5, 0.6) is 0 Å². The maximum atomic E-state index is 13.7. The number of nitrogens with zero attached hydrogens (tertiary/aromatic N) is 4. The van der Waals surface area contributed by atoms with Crippen LogP contribution in [0.4, 0.5) is 5.82 Å². The topological polar surface area (TPSA) is 57.9 Å². The predicted octanol–water partition coefficient (Wildman–Crippen LogP) is 5.16. The summed E-state index contributed by atoms with van der Waals surface area (Å²) in [5.74, 6) is 0.574. The molecule has 1 saturated carbocycles. The molecule has 2 aromatic heterocycles. The molecule has 2 aliphatic rings. The Labute approximate surface area is 205 Å². The third kappa shape index (κ3) is 4.87. The molecule has 0 aromatic carbocycles. The van der Waals surface area contributed by atoms with Crippen LogP contribution in [0.1, 0.15) is 69.9 Å². The van der Waals surface area contributed by atoms with Crippen LogP contribution in [0.15, 0.2) is 28.0 Å². The molecule has 2 fully saturated rings. The summed E-state index contributed by atoms with van der Waals surface area (Å²) in [4.78, 5) is 36.4. The van der Waals surface area contributed by atoms with Crippen molar-refractivity contribution in [1.29, 1.82) is 0 Å². The van der Waals surface area contributed by atoms with Gasteiger partial charge in [0.15, 0.2) is 0 Å². The van der Waals surface area contributed by atoms with E-state index in [1.165, 1.54) is 18.2 Å². The van der Waals surface area contributed by atoms with Gasteiger partial charge in [-0.1, -0.05) is 63.2 Å². The molecule has 0 atom stereocenters. The number of hydrogen-bond donors (Lipinski definition) is 0. The van der Waals surface area contributed by atoms with Crippen LogP contribution in [-0.4, -0.2) is 43.6 Å². The van der Waals surface area contributed by atoms with E-state index in [1.54, 1.807) is 15.4 Å². The van der Waals surface area contributed by atoms with Gasteiger partial charge in [0.05, 0.1) is 10.5 Å². The number of thioether (sulfide) groups is 1. The van der Waals surface area contributed by atoms with Gasteiger partial charge >= 0.3 is 0 Å². The van der Waals surface area contributed by atoms with E-state index in [4.69, 9.17) is 17.2 Å². The Bertz CT molecular complexity index is 1150. The van der Waals surface area contributed by atoms with Gasteiger partial charge in [0.2, 0.25) is 0 Å². The molecule has 1 aliphatic heterocycles. The van der Waals surface area contributed by atoms with Crippen molar-refractivity contribution in [3.05, 3.63) is 44.7 Å². The van der Waals surface area contributed by atoms with E-state index >= 15 is 0 Å². The number of amides is 1. The third-order valence-corrected chi connectivity index (χ3v) is 7.64. The van der Waals surface area contributed by atoms with Crippen molar-refractivity contribution in [3.8, 4) is 0 Å². The number of carbonyl (C=O) groups excluding carboxylic acids is 1. The number of fused-ring (bicyclic) bond motifs is 1. The first-order chi connectivity index (χ1) is 15.9. The van der Waals surface area contributed by atoms with Crippen molar-refractivity contribution in [2.45, 2.75) is 71.8 Å². The minimum absolute atomic E-state index is 0.0749. The van der Waals surface area contributed by atoms with Crippen molar-refractivity contribution in [1.82, 2.24) is 14.3 Å². The average molecular weight is 485 g/mol. The van der Waals surface area contributed by atoms with Gasteiger partial charge in [-0.05, 0) is 50.3 Å². The Morgan fingerprint density at radius 3 is 2.52 bits per heavy atom. The number of aryl methyl sites for hydroxylation is 1. The molecule has 1 amide bonds. The van der Waals surface area contributed by atoms with Crippen LogP contribution in [0.25, 0.3) is 11.7 Å². The summed E-state index contributed by atoms with van der Waals surface area (Å²) < 4.78 is 2.19. The van der Waals surface area contributed by atoms with Gasteiger partial charge in [-0.3, -0.25) is 18.9 Å². The van der Waals surface area contributed by atoms with Gasteiger partial charge in [-0.25, -0.2) is 4.98 Å². The first-order valence-electron chi connectivity index (χ1n) is 12.0. The highest BCUT2D eigenvalue weighted by molar-refractivity contribution is 8.26. The van der Waals surface area contributed by atoms with Crippen LogP contribution in [-0.2, 0) is 4.79 Å². The second kappa shape index (κ2) is 10.4. The molecule has 176 valence electrons. The summed E-state index contributed by atoms with van der Waals surface area (Å²) in [6, 6.07) is 4.01. The fraction of sp³-hybridized carbons (Fsp3) is 0.520. The summed E-state index contributed by atoms with van der Waals surface area (Å²) in [6.45, 7) is 7.79. The van der Waals surface area contributed by atoms with Gasteiger partial charge in [-0.2, -0.15) is 0 Å². The molecule has 4 rings (SSSR count). The highest BCUT2D eigenvalue weighted by atomic mass is 32.2. The van der Waals surface area contributed by atoms with Gasteiger partial charge in [-0.15, -0.1) is 0 Å². The fourth-order valence-electron chi connectivity index (χ4n) is 4.74. The largest absolute Gasteiger partial charge is 0.356 e. The number of pyridine rings is 1. The second-order valence-corrected chi connectivity index (χ2v) is 10.6.